The fourth-order valence-corrected chi connectivity index (χ4v) is 2.90. The molecule has 0 aromatic heterocycles. The zero-order valence-electron chi connectivity index (χ0n) is 12.9. The number of amides is 2. The maximum atomic E-state index is 12.2. The number of likely N-dealkylation sites (tertiary alicyclic amines) is 1. The lowest BCUT2D eigenvalue weighted by molar-refractivity contribution is -0.129. The molecule has 1 saturated carbocycles. The summed E-state index contributed by atoms with van der Waals surface area (Å²) in [5.74, 6) is -0.0788. The molecule has 1 heterocycles. The monoisotopic (exact) mass is 302 g/mol. The highest BCUT2D eigenvalue weighted by Gasteiger charge is 2.41. The molecule has 1 aliphatic carbocycles. The van der Waals surface area contributed by atoms with Gasteiger partial charge in [0.15, 0.2) is 0 Å². The summed E-state index contributed by atoms with van der Waals surface area (Å²) < 4.78 is 5.07. The van der Waals surface area contributed by atoms with E-state index in [0.717, 1.165) is 24.0 Å². The molecule has 118 valence electrons. The van der Waals surface area contributed by atoms with Crippen LogP contribution in [-0.4, -0.2) is 36.4 Å². The minimum Gasteiger partial charge on any atom is -0.380 e. The third-order valence-corrected chi connectivity index (χ3v) is 4.32. The van der Waals surface area contributed by atoms with E-state index in [1.165, 1.54) is 0 Å². The summed E-state index contributed by atoms with van der Waals surface area (Å²) in [7, 11) is 1.67. The first kappa shape index (κ1) is 15.0. The summed E-state index contributed by atoms with van der Waals surface area (Å²) in [5.41, 5.74) is 2.16. The number of benzene rings is 1. The summed E-state index contributed by atoms with van der Waals surface area (Å²) in [6, 6.07) is 8.38. The van der Waals surface area contributed by atoms with E-state index < -0.39 is 0 Å². The molecule has 1 atom stereocenters. The van der Waals surface area contributed by atoms with Crippen molar-refractivity contribution >= 4 is 11.8 Å². The molecule has 5 heteroatoms. The summed E-state index contributed by atoms with van der Waals surface area (Å²) >= 11 is 0. The summed E-state index contributed by atoms with van der Waals surface area (Å²) in [6.45, 7) is 1.68. The SMILES string of the molecule is COCc1ccc(CNC(=O)C2CC(=O)N(C3CC3)C2)cc1. The van der Waals surface area contributed by atoms with Gasteiger partial charge in [0, 0.05) is 32.7 Å². The van der Waals surface area contributed by atoms with Gasteiger partial charge in [0.05, 0.1) is 12.5 Å². The molecule has 1 saturated heterocycles. The van der Waals surface area contributed by atoms with Crippen LogP contribution in [-0.2, 0) is 27.5 Å². The molecule has 1 aromatic carbocycles. The molecule has 0 bridgehead atoms. The molecule has 2 fully saturated rings. The smallest absolute Gasteiger partial charge is 0.225 e. The van der Waals surface area contributed by atoms with Crippen molar-refractivity contribution in [1.82, 2.24) is 10.2 Å². The fourth-order valence-electron chi connectivity index (χ4n) is 2.90. The number of nitrogens with zero attached hydrogens (tertiary/aromatic N) is 1. The maximum Gasteiger partial charge on any atom is 0.225 e. The molecular formula is C17H22N2O3. The number of carbonyl (C=O) groups excluding carboxylic acids is 2. The van der Waals surface area contributed by atoms with Crippen molar-refractivity contribution < 1.29 is 14.3 Å². The van der Waals surface area contributed by atoms with Gasteiger partial charge in [-0.1, -0.05) is 24.3 Å². The van der Waals surface area contributed by atoms with Gasteiger partial charge in [-0.25, -0.2) is 0 Å². The summed E-state index contributed by atoms with van der Waals surface area (Å²) in [4.78, 5) is 26.0. The lowest BCUT2D eigenvalue weighted by Crippen LogP contribution is -2.33. The van der Waals surface area contributed by atoms with Crippen molar-refractivity contribution in [3.63, 3.8) is 0 Å². The Morgan fingerprint density at radius 1 is 1.27 bits per heavy atom. The average Bonchev–Trinajstić information content (AvgIpc) is 3.29. The molecule has 1 aromatic rings. The van der Waals surface area contributed by atoms with Crippen LogP contribution in [0.1, 0.15) is 30.4 Å². The standard InChI is InChI=1S/C17H22N2O3/c1-22-11-13-4-2-12(3-5-13)9-18-17(21)14-8-16(20)19(10-14)15-6-7-15/h2-5,14-15H,6-11H2,1H3,(H,18,21). The van der Waals surface area contributed by atoms with Crippen molar-refractivity contribution in [2.24, 2.45) is 5.92 Å². The Balaban J connectivity index is 1.48. The Hall–Kier alpha value is -1.88. The van der Waals surface area contributed by atoms with E-state index in [-0.39, 0.29) is 17.7 Å². The zero-order chi connectivity index (χ0) is 15.5. The minimum absolute atomic E-state index is 0.0162. The topological polar surface area (TPSA) is 58.6 Å². The molecule has 1 aliphatic heterocycles. The molecule has 5 nitrogen and oxygen atoms in total. The molecule has 0 radical (unpaired) electrons. The molecule has 22 heavy (non-hydrogen) atoms. The molecule has 0 spiro atoms. The predicted molar refractivity (Wildman–Crippen MR) is 81.8 cm³/mol. The molecule has 2 amide bonds. The van der Waals surface area contributed by atoms with E-state index in [1.54, 1.807) is 7.11 Å². The number of ether oxygens (including phenoxy) is 1. The van der Waals surface area contributed by atoms with Gasteiger partial charge in [0.2, 0.25) is 11.8 Å². The minimum atomic E-state index is -0.194. The van der Waals surface area contributed by atoms with Gasteiger partial charge in [0.25, 0.3) is 0 Å². The van der Waals surface area contributed by atoms with Crippen LogP contribution in [0, 0.1) is 5.92 Å². The van der Waals surface area contributed by atoms with Crippen molar-refractivity contribution in [2.75, 3.05) is 13.7 Å². The molecule has 3 rings (SSSR count). The number of nitrogens with one attached hydrogen (secondary N) is 1. The van der Waals surface area contributed by atoms with Gasteiger partial charge in [-0.15, -0.1) is 0 Å². The second-order valence-corrected chi connectivity index (χ2v) is 6.15. The number of carbonyl (C=O) groups is 2. The van der Waals surface area contributed by atoms with Crippen LogP contribution < -0.4 is 5.32 Å². The highest BCUT2D eigenvalue weighted by Crippen LogP contribution is 2.32. The lowest BCUT2D eigenvalue weighted by atomic mass is 10.1. The zero-order valence-corrected chi connectivity index (χ0v) is 12.9. The summed E-state index contributed by atoms with van der Waals surface area (Å²) in [6.07, 6.45) is 2.54. The average molecular weight is 302 g/mol. The van der Waals surface area contributed by atoms with Crippen LogP contribution in [0.5, 0.6) is 0 Å². The molecular weight excluding hydrogens is 280 g/mol. The number of methoxy groups -OCH3 is 1. The van der Waals surface area contributed by atoms with E-state index >= 15 is 0 Å². The number of hydrogen-bond donors (Lipinski definition) is 1. The Morgan fingerprint density at radius 3 is 2.59 bits per heavy atom. The van der Waals surface area contributed by atoms with Gasteiger partial charge >= 0.3 is 0 Å². The number of hydrogen-bond acceptors (Lipinski definition) is 3. The second-order valence-electron chi connectivity index (χ2n) is 6.15. The Labute approximate surface area is 130 Å². The summed E-state index contributed by atoms with van der Waals surface area (Å²) in [5, 5.41) is 2.94. The van der Waals surface area contributed by atoms with Crippen LogP contribution in [0.25, 0.3) is 0 Å². The fraction of sp³-hybridized carbons (Fsp3) is 0.529. The first-order chi connectivity index (χ1) is 10.7. The van der Waals surface area contributed by atoms with Gasteiger partial charge in [-0.3, -0.25) is 9.59 Å². The molecule has 2 aliphatic rings. The maximum absolute atomic E-state index is 12.2. The van der Waals surface area contributed by atoms with Crippen LogP contribution in [0.3, 0.4) is 0 Å². The molecule has 1 unspecified atom stereocenters. The van der Waals surface area contributed by atoms with Crippen LogP contribution in [0.15, 0.2) is 24.3 Å². The largest absolute Gasteiger partial charge is 0.380 e. The van der Waals surface area contributed by atoms with Gasteiger partial charge < -0.3 is 15.0 Å². The Morgan fingerprint density at radius 2 is 1.95 bits per heavy atom. The van der Waals surface area contributed by atoms with E-state index in [4.69, 9.17) is 4.74 Å². The van der Waals surface area contributed by atoms with Crippen molar-refractivity contribution in [3.8, 4) is 0 Å². The first-order valence-electron chi connectivity index (χ1n) is 7.81. The van der Waals surface area contributed by atoms with E-state index in [2.05, 4.69) is 5.32 Å². The normalized spacial score (nSPS) is 21.2. The predicted octanol–water partition coefficient (Wildman–Crippen LogP) is 1.46. The van der Waals surface area contributed by atoms with Crippen LogP contribution in [0.4, 0.5) is 0 Å². The number of rotatable bonds is 6. The van der Waals surface area contributed by atoms with Gasteiger partial charge in [0.1, 0.15) is 0 Å². The van der Waals surface area contributed by atoms with Gasteiger partial charge in [-0.05, 0) is 24.0 Å². The van der Waals surface area contributed by atoms with E-state index in [0.29, 0.717) is 32.2 Å². The molecule has 1 N–H and O–H groups in total. The highest BCUT2D eigenvalue weighted by molar-refractivity contribution is 5.89. The lowest BCUT2D eigenvalue weighted by Gasteiger charge is -2.15. The van der Waals surface area contributed by atoms with E-state index in [1.807, 2.05) is 29.2 Å². The van der Waals surface area contributed by atoms with Crippen LogP contribution in [0.2, 0.25) is 0 Å². The van der Waals surface area contributed by atoms with Gasteiger partial charge in [-0.2, -0.15) is 0 Å². The van der Waals surface area contributed by atoms with Crippen molar-refractivity contribution in [3.05, 3.63) is 35.4 Å². The van der Waals surface area contributed by atoms with Crippen molar-refractivity contribution in [2.45, 2.75) is 38.5 Å². The van der Waals surface area contributed by atoms with Crippen LogP contribution >= 0.6 is 0 Å². The van der Waals surface area contributed by atoms with Crippen molar-refractivity contribution in [1.29, 1.82) is 0 Å². The Kier molecular flexibility index (Phi) is 4.43. The quantitative estimate of drug-likeness (QED) is 0.865. The second kappa shape index (κ2) is 6.48. The third-order valence-electron chi connectivity index (χ3n) is 4.32. The highest BCUT2D eigenvalue weighted by atomic mass is 16.5. The first-order valence-corrected chi connectivity index (χ1v) is 7.81. The third kappa shape index (κ3) is 3.47. The Bertz CT molecular complexity index is 552. The van der Waals surface area contributed by atoms with E-state index in [9.17, 15) is 9.59 Å².